The van der Waals surface area contributed by atoms with E-state index in [-0.39, 0.29) is 5.82 Å². The zero-order chi connectivity index (χ0) is 19.5. The Morgan fingerprint density at radius 1 is 1.00 bits per heavy atom. The summed E-state index contributed by atoms with van der Waals surface area (Å²) in [5, 5.41) is 1.12. The van der Waals surface area contributed by atoms with Gasteiger partial charge in [-0.3, -0.25) is 0 Å². The Balaban J connectivity index is 1.49. The van der Waals surface area contributed by atoms with Crippen LogP contribution in [0.4, 0.5) is 4.39 Å². The molecule has 0 saturated heterocycles. The van der Waals surface area contributed by atoms with Gasteiger partial charge in [0.25, 0.3) is 0 Å². The number of hydrogen-bond donors (Lipinski definition) is 0. The summed E-state index contributed by atoms with van der Waals surface area (Å²) in [5.74, 6) is 2.77. The molecule has 1 aromatic carbocycles. The largest absolute Gasteiger partial charge is 0.205 e. The van der Waals surface area contributed by atoms with Crippen molar-refractivity contribution in [1.82, 2.24) is 0 Å². The summed E-state index contributed by atoms with van der Waals surface area (Å²) in [6.07, 6.45) is 17.1. The van der Waals surface area contributed by atoms with Crippen molar-refractivity contribution >= 4 is 21.4 Å². The van der Waals surface area contributed by atoms with Crippen LogP contribution in [0.1, 0.15) is 100 Å². The average Bonchev–Trinajstić information content (AvgIpc) is 3.16. The minimum Gasteiger partial charge on any atom is -0.205 e. The van der Waals surface area contributed by atoms with Gasteiger partial charge in [-0.1, -0.05) is 44.1 Å². The van der Waals surface area contributed by atoms with Gasteiger partial charge in [0.2, 0.25) is 0 Å². The molecule has 1 aromatic heterocycles. The Bertz CT molecular complexity index is 801. The maximum Gasteiger partial charge on any atom is 0.144 e. The van der Waals surface area contributed by atoms with Crippen LogP contribution in [0.3, 0.4) is 0 Å². The Hall–Kier alpha value is -1.15. The third kappa shape index (κ3) is 4.22. The Morgan fingerprint density at radius 3 is 2.39 bits per heavy atom. The molecule has 0 spiro atoms. The lowest BCUT2D eigenvalue weighted by Crippen LogP contribution is -2.12. The van der Waals surface area contributed by atoms with Crippen LogP contribution >= 0.6 is 11.3 Å². The Labute approximate surface area is 174 Å². The highest BCUT2D eigenvalue weighted by Gasteiger charge is 2.26. The summed E-state index contributed by atoms with van der Waals surface area (Å²) in [4.78, 5) is 1.43. The van der Waals surface area contributed by atoms with Crippen molar-refractivity contribution in [3.8, 4) is 0 Å². The second-order valence-electron chi connectivity index (χ2n) is 9.18. The van der Waals surface area contributed by atoms with Crippen molar-refractivity contribution in [3.63, 3.8) is 0 Å². The summed E-state index contributed by atoms with van der Waals surface area (Å²) < 4.78 is 16.4. The van der Waals surface area contributed by atoms with Crippen molar-refractivity contribution in [2.75, 3.05) is 0 Å². The first-order chi connectivity index (χ1) is 13.7. The van der Waals surface area contributed by atoms with Gasteiger partial charge < -0.3 is 0 Å². The maximum absolute atomic E-state index is 15.4. The number of hydrogen-bond acceptors (Lipinski definition) is 1. The number of fused-ring (bicyclic) bond motifs is 1. The van der Waals surface area contributed by atoms with Crippen LogP contribution in [0.2, 0.25) is 0 Å². The highest BCUT2D eigenvalue weighted by molar-refractivity contribution is 7.19. The van der Waals surface area contributed by atoms with Gasteiger partial charge in [0.05, 0.1) is 4.70 Å². The monoisotopic (exact) mass is 398 g/mol. The zero-order valence-corrected chi connectivity index (χ0v) is 18.4. The molecule has 2 heteroatoms. The summed E-state index contributed by atoms with van der Waals surface area (Å²) >= 11 is 1.75. The summed E-state index contributed by atoms with van der Waals surface area (Å²) in [5.41, 5.74) is 0.978. The topological polar surface area (TPSA) is 0 Å². The second kappa shape index (κ2) is 9.11. The van der Waals surface area contributed by atoms with E-state index in [4.69, 9.17) is 0 Å². The van der Waals surface area contributed by atoms with E-state index in [0.29, 0.717) is 17.8 Å². The molecule has 0 unspecified atom stereocenters. The van der Waals surface area contributed by atoms with Crippen LogP contribution in [0.15, 0.2) is 30.4 Å². The van der Waals surface area contributed by atoms with E-state index in [9.17, 15) is 0 Å². The molecule has 0 amide bonds. The molecule has 0 atom stereocenters. The molecule has 152 valence electrons. The van der Waals surface area contributed by atoms with Crippen molar-refractivity contribution in [2.45, 2.75) is 89.9 Å². The van der Waals surface area contributed by atoms with Crippen molar-refractivity contribution < 1.29 is 4.39 Å². The molecule has 2 aliphatic rings. The van der Waals surface area contributed by atoms with Crippen LogP contribution in [-0.2, 0) is 0 Å². The number of thiophene rings is 1. The van der Waals surface area contributed by atoms with Crippen LogP contribution in [0, 0.1) is 17.7 Å². The molecule has 0 bridgehead atoms. The van der Waals surface area contributed by atoms with Gasteiger partial charge in [0.15, 0.2) is 0 Å². The standard InChI is InChI=1S/C26H35FS/c1-3-5-18-7-11-20(12-8-18)23-16-15-22-17-24(28-26(22)25(23)27)21-13-9-19(6-4-2)10-14-21/h3,5,15-21H,4,6-14H2,1-2H3/b5-3+. The van der Waals surface area contributed by atoms with Gasteiger partial charge in [0.1, 0.15) is 5.82 Å². The summed E-state index contributed by atoms with van der Waals surface area (Å²) in [7, 11) is 0. The number of rotatable bonds is 5. The highest BCUT2D eigenvalue weighted by Crippen LogP contribution is 2.44. The average molecular weight is 399 g/mol. The van der Waals surface area contributed by atoms with Gasteiger partial charge in [-0.25, -0.2) is 4.39 Å². The van der Waals surface area contributed by atoms with E-state index >= 15 is 4.39 Å². The molecule has 1 heterocycles. The van der Waals surface area contributed by atoms with Crippen molar-refractivity contribution in [1.29, 1.82) is 0 Å². The lowest BCUT2D eigenvalue weighted by Gasteiger charge is -2.27. The van der Waals surface area contributed by atoms with E-state index in [1.807, 2.05) is 0 Å². The van der Waals surface area contributed by atoms with E-state index in [0.717, 1.165) is 34.4 Å². The maximum atomic E-state index is 15.4. The minimum absolute atomic E-state index is 0.0860. The predicted octanol–water partition coefficient (Wildman–Crippen LogP) is 8.96. The molecule has 0 nitrogen and oxygen atoms in total. The Kier molecular flexibility index (Phi) is 6.55. The fourth-order valence-corrected chi connectivity index (χ4v) is 6.94. The molecule has 2 aromatic rings. The lowest BCUT2D eigenvalue weighted by molar-refractivity contribution is 0.310. The van der Waals surface area contributed by atoms with Gasteiger partial charge >= 0.3 is 0 Å². The highest BCUT2D eigenvalue weighted by atomic mass is 32.1. The zero-order valence-electron chi connectivity index (χ0n) is 17.6. The number of halogens is 1. The molecule has 4 rings (SSSR count). The number of benzene rings is 1. The first-order valence-electron chi connectivity index (χ1n) is 11.5. The molecule has 2 saturated carbocycles. The normalized spacial score (nSPS) is 29.0. The SMILES string of the molecule is C/C=C/C1CCC(c2ccc3cc(C4CCC(CCC)CC4)sc3c2F)CC1. The molecular formula is C26H35FS. The Morgan fingerprint density at radius 2 is 1.71 bits per heavy atom. The third-order valence-corrected chi connectivity index (χ3v) is 8.60. The molecule has 0 radical (unpaired) electrons. The predicted molar refractivity (Wildman–Crippen MR) is 121 cm³/mol. The van der Waals surface area contributed by atoms with E-state index in [1.54, 1.807) is 11.3 Å². The smallest absolute Gasteiger partial charge is 0.144 e. The quantitative estimate of drug-likeness (QED) is 0.441. The van der Waals surface area contributed by atoms with Gasteiger partial charge in [-0.2, -0.15) is 0 Å². The fraction of sp³-hybridized carbons (Fsp3) is 0.615. The van der Waals surface area contributed by atoms with Crippen LogP contribution in [-0.4, -0.2) is 0 Å². The lowest BCUT2D eigenvalue weighted by atomic mass is 9.78. The van der Waals surface area contributed by atoms with Gasteiger partial charge in [0, 0.05) is 4.88 Å². The fourth-order valence-electron chi connectivity index (χ4n) is 5.66. The first kappa shape index (κ1) is 20.1. The molecule has 2 aliphatic carbocycles. The van der Waals surface area contributed by atoms with E-state index in [1.165, 1.54) is 56.2 Å². The van der Waals surface area contributed by atoms with E-state index < -0.39 is 0 Å². The van der Waals surface area contributed by atoms with Crippen LogP contribution in [0.5, 0.6) is 0 Å². The van der Waals surface area contributed by atoms with Gasteiger partial charge in [-0.15, -0.1) is 11.3 Å². The summed E-state index contributed by atoms with van der Waals surface area (Å²) in [6, 6.07) is 6.57. The van der Waals surface area contributed by atoms with Crippen LogP contribution in [0.25, 0.3) is 10.1 Å². The number of allylic oxidation sites excluding steroid dienone is 2. The molecule has 2 fully saturated rings. The molecule has 28 heavy (non-hydrogen) atoms. The van der Waals surface area contributed by atoms with Crippen molar-refractivity contribution in [3.05, 3.63) is 46.6 Å². The second-order valence-corrected chi connectivity index (χ2v) is 10.3. The summed E-state index contributed by atoms with van der Waals surface area (Å²) in [6.45, 7) is 4.40. The molecule has 0 aliphatic heterocycles. The minimum atomic E-state index is 0.0860. The third-order valence-electron chi connectivity index (χ3n) is 7.30. The van der Waals surface area contributed by atoms with E-state index in [2.05, 4.69) is 44.2 Å². The van der Waals surface area contributed by atoms with Crippen LogP contribution < -0.4 is 0 Å². The first-order valence-corrected chi connectivity index (χ1v) is 12.4. The van der Waals surface area contributed by atoms with Crippen molar-refractivity contribution in [2.24, 2.45) is 11.8 Å². The van der Waals surface area contributed by atoms with Gasteiger partial charge in [-0.05, 0) is 99.0 Å². The molecular weight excluding hydrogens is 363 g/mol. The molecule has 0 N–H and O–H groups in total.